The molecule has 98 valence electrons. The zero-order valence-corrected chi connectivity index (χ0v) is 11.0. The van der Waals surface area contributed by atoms with Crippen molar-refractivity contribution >= 4 is 21.1 Å². The van der Waals surface area contributed by atoms with Gasteiger partial charge in [-0.25, -0.2) is 23.5 Å². The molecule has 2 aliphatic rings. The van der Waals surface area contributed by atoms with Crippen molar-refractivity contribution in [3.8, 4) is 0 Å². The zero-order valence-electron chi connectivity index (χ0n) is 10.2. The Morgan fingerprint density at radius 2 is 1.79 bits per heavy atom. The smallest absolute Gasteiger partial charge is 0.240 e. The molecule has 1 aromatic carbocycles. The maximum absolute atomic E-state index is 11.6. The standard InChI is InChI=1S/C13H13N3O2S/c14-19(17,18)10-3-1-2-9-13(10)16-12-8-5-4-7(6-8)11(12)15-9/h1-3,7-8H,4-6H2,(H2,14,17,18). The molecule has 1 heterocycles. The number of sulfonamides is 1. The summed E-state index contributed by atoms with van der Waals surface area (Å²) in [6.45, 7) is 0. The predicted octanol–water partition coefficient (Wildman–Crippen LogP) is 1.64. The van der Waals surface area contributed by atoms with Crippen molar-refractivity contribution in [2.45, 2.75) is 36.0 Å². The van der Waals surface area contributed by atoms with Gasteiger partial charge in [0.2, 0.25) is 10.0 Å². The average molecular weight is 275 g/mol. The maximum atomic E-state index is 11.6. The molecule has 0 amide bonds. The van der Waals surface area contributed by atoms with E-state index in [1.54, 1.807) is 12.1 Å². The number of aromatic nitrogens is 2. The molecule has 1 saturated carbocycles. The summed E-state index contributed by atoms with van der Waals surface area (Å²) >= 11 is 0. The summed E-state index contributed by atoms with van der Waals surface area (Å²) in [7, 11) is -3.76. The van der Waals surface area contributed by atoms with Crippen LogP contribution in [0.4, 0.5) is 0 Å². The number of primary sulfonamides is 1. The zero-order chi connectivity index (χ0) is 13.2. The van der Waals surface area contributed by atoms with Crippen LogP contribution < -0.4 is 5.14 Å². The molecule has 0 spiro atoms. The van der Waals surface area contributed by atoms with Gasteiger partial charge in [0.15, 0.2) is 0 Å². The Hall–Kier alpha value is -1.53. The van der Waals surface area contributed by atoms with Crippen LogP contribution in [0, 0.1) is 0 Å². The van der Waals surface area contributed by atoms with Crippen molar-refractivity contribution in [1.29, 1.82) is 0 Å². The molecule has 0 saturated heterocycles. The minimum absolute atomic E-state index is 0.0723. The lowest BCUT2D eigenvalue weighted by Crippen LogP contribution is -2.14. The van der Waals surface area contributed by atoms with Crippen molar-refractivity contribution in [2.24, 2.45) is 5.14 Å². The molecule has 2 N–H and O–H groups in total. The van der Waals surface area contributed by atoms with Crippen molar-refractivity contribution in [3.05, 3.63) is 29.6 Å². The summed E-state index contributed by atoms with van der Waals surface area (Å²) in [4.78, 5) is 9.29. The first kappa shape index (κ1) is 11.3. The minimum atomic E-state index is -3.76. The normalized spacial score (nSPS) is 24.9. The van der Waals surface area contributed by atoms with E-state index in [0.29, 0.717) is 22.9 Å². The van der Waals surface area contributed by atoms with E-state index in [1.165, 1.54) is 12.5 Å². The quantitative estimate of drug-likeness (QED) is 0.857. The summed E-state index contributed by atoms with van der Waals surface area (Å²) in [5.41, 5.74) is 3.09. The van der Waals surface area contributed by atoms with E-state index in [1.807, 2.05) is 0 Å². The lowest BCUT2D eigenvalue weighted by atomic mass is 10.0. The van der Waals surface area contributed by atoms with Crippen LogP contribution in [-0.4, -0.2) is 18.4 Å². The van der Waals surface area contributed by atoms with Gasteiger partial charge in [-0.3, -0.25) is 0 Å². The van der Waals surface area contributed by atoms with Gasteiger partial charge in [-0.2, -0.15) is 0 Å². The van der Waals surface area contributed by atoms with Crippen molar-refractivity contribution < 1.29 is 8.42 Å². The summed E-state index contributed by atoms with van der Waals surface area (Å²) in [6, 6.07) is 4.95. The van der Waals surface area contributed by atoms with Gasteiger partial charge in [-0.1, -0.05) is 6.07 Å². The fourth-order valence-electron chi connectivity index (χ4n) is 3.39. The molecule has 2 aliphatic carbocycles. The molecule has 1 aromatic heterocycles. The molecule has 2 aromatic rings. The third kappa shape index (κ3) is 1.53. The predicted molar refractivity (Wildman–Crippen MR) is 70.2 cm³/mol. The van der Waals surface area contributed by atoms with Gasteiger partial charge in [0.05, 0.1) is 16.9 Å². The second kappa shape index (κ2) is 3.52. The van der Waals surface area contributed by atoms with Crippen LogP contribution in [-0.2, 0) is 10.0 Å². The van der Waals surface area contributed by atoms with E-state index >= 15 is 0 Å². The molecule has 1 fully saturated rings. The van der Waals surface area contributed by atoms with Gasteiger partial charge >= 0.3 is 0 Å². The monoisotopic (exact) mass is 275 g/mol. The second-order valence-electron chi connectivity index (χ2n) is 5.37. The largest absolute Gasteiger partial charge is 0.249 e. The Kier molecular flexibility index (Phi) is 2.09. The number of rotatable bonds is 1. The lowest BCUT2D eigenvalue weighted by molar-refractivity contribution is 0.598. The van der Waals surface area contributed by atoms with Crippen LogP contribution in [0.25, 0.3) is 11.0 Å². The van der Waals surface area contributed by atoms with Gasteiger partial charge in [-0.15, -0.1) is 0 Å². The summed E-state index contributed by atoms with van der Waals surface area (Å²) in [5, 5.41) is 5.25. The minimum Gasteiger partial charge on any atom is -0.249 e. The van der Waals surface area contributed by atoms with Crippen LogP contribution >= 0.6 is 0 Å². The maximum Gasteiger partial charge on any atom is 0.240 e. The topological polar surface area (TPSA) is 85.9 Å². The highest BCUT2D eigenvalue weighted by molar-refractivity contribution is 7.89. The number of hydrogen-bond donors (Lipinski definition) is 1. The Labute approximate surface area is 110 Å². The Bertz CT molecular complexity index is 801. The average Bonchev–Trinajstić information content (AvgIpc) is 2.96. The number of para-hydroxylation sites is 1. The summed E-state index contributed by atoms with van der Waals surface area (Å²) < 4.78 is 23.2. The highest BCUT2D eigenvalue weighted by atomic mass is 32.2. The number of nitrogens with two attached hydrogens (primary N) is 1. The van der Waals surface area contributed by atoms with E-state index in [0.717, 1.165) is 24.2 Å². The molecule has 2 atom stereocenters. The van der Waals surface area contributed by atoms with Crippen molar-refractivity contribution in [2.75, 3.05) is 0 Å². The van der Waals surface area contributed by atoms with E-state index in [2.05, 4.69) is 9.97 Å². The number of nitrogens with zero attached hydrogens (tertiary/aromatic N) is 2. The lowest BCUT2D eigenvalue weighted by Gasteiger charge is -2.14. The number of fused-ring (bicyclic) bond motifs is 6. The van der Waals surface area contributed by atoms with Gasteiger partial charge < -0.3 is 0 Å². The van der Waals surface area contributed by atoms with Crippen molar-refractivity contribution in [3.63, 3.8) is 0 Å². The van der Waals surface area contributed by atoms with Crippen LogP contribution in [0.2, 0.25) is 0 Å². The molecule has 2 unspecified atom stereocenters. The SMILES string of the molecule is NS(=O)(=O)c1cccc2nc3c(nc12)C1CCC3C1. The first-order valence-corrected chi connectivity index (χ1v) is 7.92. The molecule has 0 radical (unpaired) electrons. The molecule has 2 bridgehead atoms. The van der Waals surface area contributed by atoms with Crippen LogP contribution in [0.3, 0.4) is 0 Å². The Balaban J connectivity index is 2.07. The first-order chi connectivity index (χ1) is 9.04. The van der Waals surface area contributed by atoms with Crippen LogP contribution in [0.1, 0.15) is 42.5 Å². The van der Waals surface area contributed by atoms with Crippen LogP contribution in [0.15, 0.2) is 23.1 Å². The molecule has 4 rings (SSSR count). The molecule has 19 heavy (non-hydrogen) atoms. The highest BCUT2D eigenvalue weighted by Crippen LogP contribution is 2.51. The molecule has 0 aliphatic heterocycles. The van der Waals surface area contributed by atoms with Crippen molar-refractivity contribution in [1.82, 2.24) is 9.97 Å². The van der Waals surface area contributed by atoms with E-state index in [4.69, 9.17) is 5.14 Å². The fraction of sp³-hybridized carbons (Fsp3) is 0.385. The molecular weight excluding hydrogens is 262 g/mol. The molecule has 5 nitrogen and oxygen atoms in total. The van der Waals surface area contributed by atoms with Crippen LogP contribution in [0.5, 0.6) is 0 Å². The van der Waals surface area contributed by atoms with Gasteiger partial charge in [0, 0.05) is 11.8 Å². The van der Waals surface area contributed by atoms with E-state index in [-0.39, 0.29) is 4.90 Å². The summed E-state index contributed by atoms with van der Waals surface area (Å²) in [6.07, 6.45) is 3.42. The third-order valence-corrected chi connectivity index (χ3v) is 5.17. The highest BCUT2D eigenvalue weighted by Gasteiger charge is 2.39. The van der Waals surface area contributed by atoms with E-state index in [9.17, 15) is 8.42 Å². The third-order valence-electron chi connectivity index (χ3n) is 4.23. The second-order valence-corrected chi connectivity index (χ2v) is 6.90. The molecule has 6 heteroatoms. The first-order valence-electron chi connectivity index (χ1n) is 6.37. The Morgan fingerprint density at radius 3 is 2.47 bits per heavy atom. The number of benzene rings is 1. The van der Waals surface area contributed by atoms with Gasteiger partial charge in [0.25, 0.3) is 0 Å². The summed E-state index contributed by atoms with van der Waals surface area (Å²) in [5.74, 6) is 0.959. The van der Waals surface area contributed by atoms with Gasteiger partial charge in [-0.05, 0) is 31.4 Å². The van der Waals surface area contributed by atoms with Gasteiger partial charge in [0.1, 0.15) is 10.4 Å². The number of hydrogen-bond acceptors (Lipinski definition) is 4. The van der Waals surface area contributed by atoms with E-state index < -0.39 is 10.0 Å². The fourth-order valence-corrected chi connectivity index (χ4v) is 4.07. The molecular formula is C13H13N3O2S. The Morgan fingerprint density at radius 1 is 1.11 bits per heavy atom.